The fourth-order valence-corrected chi connectivity index (χ4v) is 3.11. The van der Waals surface area contributed by atoms with Gasteiger partial charge in [-0.3, -0.25) is 14.5 Å². The zero-order chi connectivity index (χ0) is 19.4. The second kappa shape index (κ2) is 8.22. The molecule has 0 bridgehead atoms. The molecule has 3 rings (SSSR count). The maximum Gasteiger partial charge on any atom is 0.325 e. The van der Waals surface area contributed by atoms with Crippen molar-refractivity contribution in [2.75, 3.05) is 6.54 Å². The van der Waals surface area contributed by atoms with Gasteiger partial charge in [0.2, 0.25) is 5.91 Å². The Labute approximate surface area is 162 Å². The minimum absolute atomic E-state index is 0.268. The molecule has 6 nitrogen and oxygen atoms in total. The van der Waals surface area contributed by atoms with Crippen molar-refractivity contribution in [2.45, 2.75) is 25.4 Å². The molecule has 7 heteroatoms. The molecule has 0 aliphatic carbocycles. The van der Waals surface area contributed by atoms with Crippen molar-refractivity contribution in [2.24, 2.45) is 0 Å². The second-order valence-corrected chi connectivity index (χ2v) is 6.89. The maximum absolute atomic E-state index is 12.5. The van der Waals surface area contributed by atoms with Gasteiger partial charge in [0, 0.05) is 11.4 Å². The minimum atomic E-state index is -0.651. The van der Waals surface area contributed by atoms with Gasteiger partial charge in [-0.05, 0) is 30.2 Å². The van der Waals surface area contributed by atoms with Gasteiger partial charge < -0.3 is 10.6 Å². The van der Waals surface area contributed by atoms with E-state index >= 15 is 0 Å². The third kappa shape index (κ3) is 4.65. The highest BCUT2D eigenvalue weighted by Crippen LogP contribution is 2.16. The lowest BCUT2D eigenvalue weighted by Crippen LogP contribution is -2.42. The van der Waals surface area contributed by atoms with E-state index in [1.807, 2.05) is 49.4 Å². The van der Waals surface area contributed by atoms with Crippen molar-refractivity contribution in [3.05, 3.63) is 70.7 Å². The van der Waals surface area contributed by atoms with Gasteiger partial charge in [-0.1, -0.05) is 54.1 Å². The van der Waals surface area contributed by atoms with Crippen molar-refractivity contribution in [1.29, 1.82) is 0 Å². The number of nitrogens with zero attached hydrogens (tertiary/aromatic N) is 1. The average Bonchev–Trinajstić information content (AvgIpc) is 2.90. The number of carbonyl (C=O) groups is 3. The van der Waals surface area contributed by atoms with Crippen molar-refractivity contribution in [1.82, 2.24) is 15.5 Å². The minimum Gasteiger partial charge on any atom is -0.348 e. The molecule has 1 fully saturated rings. The number of halogens is 1. The first-order valence-electron chi connectivity index (χ1n) is 8.64. The standard InChI is InChI=1S/C20H20ClN3O3/c1-13(15-7-9-16(21)10-8-15)22-18(25)12-24-19(26)17(23-20(24)27)11-14-5-3-2-4-6-14/h2-10,13,17H,11-12H2,1H3,(H,22,25)(H,23,27)/t13-,17+/m1/s1. The molecule has 2 aromatic rings. The number of hydrogen-bond donors (Lipinski definition) is 2. The van der Waals surface area contributed by atoms with E-state index in [1.54, 1.807) is 12.1 Å². The second-order valence-electron chi connectivity index (χ2n) is 6.46. The summed E-state index contributed by atoms with van der Waals surface area (Å²) < 4.78 is 0. The molecule has 4 amide bonds. The number of urea groups is 1. The number of amides is 4. The Morgan fingerprint density at radius 2 is 1.81 bits per heavy atom. The number of benzene rings is 2. The van der Waals surface area contributed by atoms with E-state index in [1.165, 1.54) is 0 Å². The smallest absolute Gasteiger partial charge is 0.325 e. The third-order valence-corrected chi connectivity index (χ3v) is 4.69. The first-order valence-corrected chi connectivity index (χ1v) is 9.02. The Morgan fingerprint density at radius 1 is 1.15 bits per heavy atom. The van der Waals surface area contributed by atoms with Crippen LogP contribution in [-0.4, -0.2) is 35.3 Å². The summed E-state index contributed by atoms with van der Waals surface area (Å²) in [5.41, 5.74) is 1.82. The van der Waals surface area contributed by atoms with Crippen molar-refractivity contribution in [3.63, 3.8) is 0 Å². The molecule has 27 heavy (non-hydrogen) atoms. The summed E-state index contributed by atoms with van der Waals surface area (Å²) in [4.78, 5) is 37.9. The van der Waals surface area contributed by atoms with Gasteiger partial charge in [-0.25, -0.2) is 4.79 Å². The number of rotatable bonds is 6. The fourth-order valence-electron chi connectivity index (χ4n) is 2.98. The summed E-state index contributed by atoms with van der Waals surface area (Å²) in [5.74, 6) is -0.792. The summed E-state index contributed by atoms with van der Waals surface area (Å²) in [6.07, 6.45) is 0.394. The van der Waals surface area contributed by atoms with Gasteiger partial charge in [-0.15, -0.1) is 0 Å². The van der Waals surface area contributed by atoms with E-state index in [0.29, 0.717) is 11.4 Å². The van der Waals surface area contributed by atoms with Crippen LogP contribution in [0.1, 0.15) is 24.1 Å². The maximum atomic E-state index is 12.5. The predicted molar refractivity (Wildman–Crippen MR) is 102 cm³/mol. The number of nitrogens with one attached hydrogen (secondary N) is 2. The lowest BCUT2D eigenvalue weighted by atomic mass is 10.1. The molecule has 1 saturated heterocycles. The predicted octanol–water partition coefficient (Wildman–Crippen LogP) is 2.68. The number of hydrogen-bond acceptors (Lipinski definition) is 3. The monoisotopic (exact) mass is 385 g/mol. The fraction of sp³-hybridized carbons (Fsp3) is 0.250. The lowest BCUT2D eigenvalue weighted by molar-refractivity contribution is -0.132. The van der Waals surface area contributed by atoms with Crippen LogP contribution in [0, 0.1) is 0 Å². The van der Waals surface area contributed by atoms with Gasteiger partial charge in [0.05, 0.1) is 6.04 Å². The van der Waals surface area contributed by atoms with E-state index in [2.05, 4.69) is 10.6 Å². The van der Waals surface area contributed by atoms with E-state index in [0.717, 1.165) is 16.0 Å². The van der Waals surface area contributed by atoms with Crippen LogP contribution in [0.25, 0.3) is 0 Å². The molecule has 2 N–H and O–H groups in total. The van der Waals surface area contributed by atoms with Crippen LogP contribution >= 0.6 is 11.6 Å². The van der Waals surface area contributed by atoms with Crippen molar-refractivity contribution < 1.29 is 14.4 Å². The molecule has 0 radical (unpaired) electrons. The largest absolute Gasteiger partial charge is 0.348 e. The summed E-state index contributed by atoms with van der Waals surface area (Å²) in [6.45, 7) is 1.51. The normalized spacial score (nSPS) is 17.6. The van der Waals surface area contributed by atoms with E-state index in [9.17, 15) is 14.4 Å². The van der Waals surface area contributed by atoms with Crippen LogP contribution in [0.4, 0.5) is 4.79 Å². The van der Waals surface area contributed by atoms with Crippen LogP contribution in [0.5, 0.6) is 0 Å². The van der Waals surface area contributed by atoms with Crippen LogP contribution in [-0.2, 0) is 16.0 Å². The molecule has 1 aliphatic rings. The van der Waals surface area contributed by atoms with Crippen LogP contribution in [0.3, 0.4) is 0 Å². The van der Waals surface area contributed by atoms with E-state index in [-0.39, 0.29) is 12.6 Å². The van der Waals surface area contributed by atoms with Gasteiger partial charge in [-0.2, -0.15) is 0 Å². The summed E-state index contributed by atoms with van der Waals surface area (Å²) in [6, 6.07) is 15.1. The quantitative estimate of drug-likeness (QED) is 0.750. The molecule has 0 spiro atoms. The van der Waals surface area contributed by atoms with Gasteiger partial charge in [0.25, 0.3) is 5.91 Å². The zero-order valence-corrected chi connectivity index (χ0v) is 15.6. The van der Waals surface area contributed by atoms with Crippen LogP contribution in [0.15, 0.2) is 54.6 Å². The summed E-state index contributed by atoms with van der Waals surface area (Å²) in [5, 5.41) is 6.05. The Bertz CT molecular complexity index is 839. The van der Waals surface area contributed by atoms with E-state index in [4.69, 9.17) is 11.6 Å². The molecule has 1 heterocycles. The highest BCUT2D eigenvalue weighted by molar-refractivity contribution is 6.30. The molecular weight excluding hydrogens is 366 g/mol. The number of imide groups is 1. The average molecular weight is 386 g/mol. The van der Waals surface area contributed by atoms with Gasteiger partial charge in [0.1, 0.15) is 12.6 Å². The molecular formula is C20H20ClN3O3. The summed E-state index contributed by atoms with van der Waals surface area (Å²) >= 11 is 5.86. The molecule has 0 aromatic heterocycles. The first-order chi connectivity index (χ1) is 12.9. The Morgan fingerprint density at radius 3 is 2.48 bits per heavy atom. The van der Waals surface area contributed by atoms with E-state index < -0.39 is 23.9 Å². The van der Waals surface area contributed by atoms with Crippen molar-refractivity contribution in [3.8, 4) is 0 Å². The van der Waals surface area contributed by atoms with Gasteiger partial charge in [0.15, 0.2) is 0 Å². The molecule has 2 atom stereocenters. The Hall–Kier alpha value is -2.86. The highest BCUT2D eigenvalue weighted by Gasteiger charge is 2.38. The van der Waals surface area contributed by atoms with Crippen LogP contribution in [0.2, 0.25) is 5.02 Å². The number of carbonyl (C=O) groups excluding carboxylic acids is 3. The zero-order valence-electron chi connectivity index (χ0n) is 14.8. The van der Waals surface area contributed by atoms with Gasteiger partial charge >= 0.3 is 6.03 Å². The van der Waals surface area contributed by atoms with Crippen molar-refractivity contribution >= 4 is 29.4 Å². The summed E-state index contributed by atoms with van der Waals surface area (Å²) in [7, 11) is 0. The molecule has 0 unspecified atom stereocenters. The molecule has 1 aliphatic heterocycles. The Balaban J connectivity index is 1.58. The van der Waals surface area contributed by atoms with Crippen LogP contribution < -0.4 is 10.6 Å². The third-order valence-electron chi connectivity index (χ3n) is 4.44. The molecule has 140 valence electrons. The first kappa shape index (κ1) is 18.9. The SMILES string of the molecule is C[C@@H](NC(=O)CN1C(=O)N[C@@H](Cc2ccccc2)C1=O)c1ccc(Cl)cc1. The molecule has 0 saturated carbocycles. The Kier molecular flexibility index (Phi) is 5.76. The topological polar surface area (TPSA) is 78.5 Å². The highest BCUT2D eigenvalue weighted by atomic mass is 35.5. The lowest BCUT2D eigenvalue weighted by Gasteiger charge is -2.17. The molecule has 2 aromatic carbocycles.